The fourth-order valence-corrected chi connectivity index (χ4v) is 4.44. The fourth-order valence-electron chi connectivity index (χ4n) is 3.14. The predicted molar refractivity (Wildman–Crippen MR) is 113 cm³/mol. The fraction of sp³-hybridized carbons (Fsp3) is 0.333. The Morgan fingerprint density at radius 2 is 2.03 bits per heavy atom. The Bertz CT molecular complexity index is 895. The number of nitrogens with zero attached hydrogens (tertiary/aromatic N) is 2. The Morgan fingerprint density at radius 3 is 2.76 bits per heavy atom. The predicted octanol–water partition coefficient (Wildman–Crippen LogP) is 3.96. The molecule has 0 spiro atoms. The third kappa shape index (κ3) is 4.82. The summed E-state index contributed by atoms with van der Waals surface area (Å²) in [6, 6.07) is 13.1. The Morgan fingerprint density at radius 1 is 1.28 bits per heavy atom. The van der Waals surface area contributed by atoms with Crippen LogP contribution in [0.3, 0.4) is 0 Å². The summed E-state index contributed by atoms with van der Waals surface area (Å²) in [5.41, 5.74) is 1.32. The summed E-state index contributed by atoms with van der Waals surface area (Å²) >= 11 is 1.49. The topological polar surface area (TPSA) is 61.9 Å². The third-order valence-electron chi connectivity index (χ3n) is 4.75. The van der Waals surface area contributed by atoms with Gasteiger partial charge in [-0.3, -0.25) is 4.79 Å². The van der Waals surface area contributed by atoms with Gasteiger partial charge in [-0.05, 0) is 36.8 Å². The molecule has 0 aromatic heterocycles. The van der Waals surface area contributed by atoms with Gasteiger partial charge in [-0.1, -0.05) is 24.3 Å². The maximum absolute atomic E-state index is 13.6. The Hall–Kier alpha value is -2.74. The second-order valence-corrected chi connectivity index (χ2v) is 8.20. The van der Waals surface area contributed by atoms with Crippen LogP contribution in [0.2, 0.25) is 0 Å². The van der Waals surface area contributed by atoms with Crippen molar-refractivity contribution in [2.24, 2.45) is 0 Å². The zero-order chi connectivity index (χ0) is 21.0. The first-order chi connectivity index (χ1) is 13.9. The molecule has 0 aliphatic carbocycles. The number of halogens is 1. The number of para-hydroxylation sites is 2. The van der Waals surface area contributed by atoms with Crippen LogP contribution in [-0.2, 0) is 4.79 Å². The van der Waals surface area contributed by atoms with Gasteiger partial charge in [0.25, 0.3) is 0 Å². The zero-order valence-electron chi connectivity index (χ0n) is 16.6. The first kappa shape index (κ1) is 21.0. The summed E-state index contributed by atoms with van der Waals surface area (Å²) in [5, 5.41) is 2.33. The van der Waals surface area contributed by atoms with Crippen molar-refractivity contribution in [3.63, 3.8) is 0 Å². The van der Waals surface area contributed by atoms with Crippen LogP contribution in [0.5, 0.6) is 5.75 Å². The van der Waals surface area contributed by atoms with E-state index in [1.165, 1.54) is 28.8 Å². The van der Waals surface area contributed by atoms with Crippen LogP contribution in [0.4, 0.5) is 14.9 Å². The summed E-state index contributed by atoms with van der Waals surface area (Å²) in [5.74, 6) is 0.228. The van der Waals surface area contributed by atoms with Gasteiger partial charge in [-0.2, -0.15) is 0 Å². The maximum atomic E-state index is 13.6. The second-order valence-electron chi connectivity index (χ2n) is 6.77. The lowest BCUT2D eigenvalue weighted by Gasteiger charge is -2.27. The number of hydrogen-bond acceptors (Lipinski definition) is 4. The van der Waals surface area contributed by atoms with Crippen LogP contribution in [0.15, 0.2) is 48.5 Å². The number of carbonyl (C=O) groups is 2. The van der Waals surface area contributed by atoms with Gasteiger partial charge in [-0.15, -0.1) is 11.8 Å². The number of benzene rings is 2. The Labute approximate surface area is 174 Å². The largest absolute Gasteiger partial charge is 0.495 e. The van der Waals surface area contributed by atoms with Gasteiger partial charge >= 0.3 is 6.03 Å². The molecule has 1 aliphatic heterocycles. The molecular weight excluding hydrogens is 393 g/mol. The number of thioether (sulfide) groups is 1. The molecule has 2 atom stereocenters. The number of likely N-dealkylation sites (N-methyl/N-ethyl adjacent to an activating group) is 1. The number of anilines is 1. The molecule has 3 rings (SSSR count). The molecule has 154 valence electrons. The van der Waals surface area contributed by atoms with E-state index in [0.717, 1.165) is 5.56 Å². The van der Waals surface area contributed by atoms with Gasteiger partial charge in [0, 0.05) is 20.1 Å². The molecule has 29 heavy (non-hydrogen) atoms. The lowest BCUT2D eigenvalue weighted by Crippen LogP contribution is -2.40. The van der Waals surface area contributed by atoms with E-state index >= 15 is 0 Å². The highest BCUT2D eigenvalue weighted by Crippen LogP contribution is 2.42. The van der Waals surface area contributed by atoms with Crippen molar-refractivity contribution in [2.45, 2.75) is 17.5 Å². The van der Waals surface area contributed by atoms with Crippen LogP contribution in [0, 0.1) is 5.82 Å². The third-order valence-corrected chi connectivity index (χ3v) is 6.15. The first-order valence-electron chi connectivity index (χ1n) is 9.27. The second kappa shape index (κ2) is 9.17. The number of methoxy groups -OCH3 is 1. The minimum Gasteiger partial charge on any atom is -0.495 e. The summed E-state index contributed by atoms with van der Waals surface area (Å²) in [4.78, 5) is 28.4. The van der Waals surface area contributed by atoms with Gasteiger partial charge in [0.15, 0.2) is 0 Å². The molecule has 1 saturated heterocycles. The molecule has 1 aliphatic rings. The number of amides is 3. The SMILES string of the molecule is COc1ccccc1NC(=O)N(C)CCN1C(=O)[C@H](C)S[C@H]1c1cccc(F)c1. The molecule has 1 fully saturated rings. The number of ether oxygens (including phenoxy) is 1. The van der Waals surface area contributed by atoms with Crippen LogP contribution in [0.1, 0.15) is 17.9 Å². The molecule has 0 radical (unpaired) electrons. The number of nitrogens with one attached hydrogen (secondary N) is 1. The van der Waals surface area contributed by atoms with E-state index in [0.29, 0.717) is 24.5 Å². The van der Waals surface area contributed by atoms with Crippen molar-refractivity contribution in [1.82, 2.24) is 9.80 Å². The average molecular weight is 418 g/mol. The summed E-state index contributed by atoms with van der Waals surface area (Å²) < 4.78 is 18.9. The molecule has 3 amide bonds. The molecular formula is C21H24FN3O3S. The first-order valence-corrected chi connectivity index (χ1v) is 10.2. The van der Waals surface area contributed by atoms with E-state index < -0.39 is 0 Å². The molecule has 1 heterocycles. The van der Waals surface area contributed by atoms with Crippen LogP contribution in [-0.4, -0.2) is 54.2 Å². The lowest BCUT2D eigenvalue weighted by atomic mass is 10.2. The number of carbonyl (C=O) groups excluding carboxylic acids is 2. The number of urea groups is 1. The van der Waals surface area contributed by atoms with Gasteiger partial charge in [0.1, 0.15) is 16.9 Å². The van der Waals surface area contributed by atoms with E-state index in [1.807, 2.05) is 25.1 Å². The lowest BCUT2D eigenvalue weighted by molar-refractivity contribution is -0.129. The quantitative estimate of drug-likeness (QED) is 0.773. The normalized spacial score (nSPS) is 18.6. The molecule has 0 saturated carbocycles. The summed E-state index contributed by atoms with van der Waals surface area (Å²) in [6.07, 6.45) is 0. The molecule has 1 N–H and O–H groups in total. The van der Waals surface area contributed by atoms with Crippen LogP contribution < -0.4 is 10.1 Å². The Balaban J connectivity index is 1.65. The van der Waals surface area contributed by atoms with Crippen molar-refractivity contribution in [1.29, 1.82) is 0 Å². The standard InChI is InChI=1S/C21H24FN3O3S/c1-14-19(26)25(20(29-14)15-7-6-8-16(22)13-15)12-11-24(2)21(27)23-17-9-4-5-10-18(17)28-3/h4-10,13-14,20H,11-12H2,1-3H3,(H,23,27)/t14-,20-/m0/s1. The highest BCUT2D eigenvalue weighted by atomic mass is 32.2. The van der Waals surface area contributed by atoms with Crippen molar-refractivity contribution in [3.8, 4) is 5.75 Å². The van der Waals surface area contributed by atoms with Crippen molar-refractivity contribution in [2.75, 3.05) is 32.6 Å². The Kier molecular flexibility index (Phi) is 6.64. The molecule has 0 bridgehead atoms. The van der Waals surface area contributed by atoms with E-state index in [2.05, 4.69) is 5.32 Å². The minimum absolute atomic E-state index is 0.0113. The zero-order valence-corrected chi connectivity index (χ0v) is 17.4. The highest BCUT2D eigenvalue weighted by Gasteiger charge is 2.38. The number of rotatable bonds is 6. The van der Waals surface area contributed by atoms with Gasteiger partial charge in [0.05, 0.1) is 18.0 Å². The van der Waals surface area contributed by atoms with Gasteiger partial charge < -0.3 is 19.9 Å². The number of hydrogen-bond donors (Lipinski definition) is 1. The molecule has 6 nitrogen and oxygen atoms in total. The summed E-state index contributed by atoms with van der Waals surface area (Å²) in [7, 11) is 3.21. The van der Waals surface area contributed by atoms with Crippen molar-refractivity contribution in [3.05, 3.63) is 59.9 Å². The molecule has 8 heteroatoms. The molecule has 0 unspecified atom stereocenters. The van der Waals surface area contributed by atoms with Crippen molar-refractivity contribution >= 4 is 29.4 Å². The van der Waals surface area contributed by atoms with Crippen LogP contribution in [0.25, 0.3) is 0 Å². The molecule has 2 aromatic carbocycles. The minimum atomic E-state index is -0.330. The van der Waals surface area contributed by atoms with Crippen molar-refractivity contribution < 1.29 is 18.7 Å². The van der Waals surface area contributed by atoms with Crippen LogP contribution >= 0.6 is 11.8 Å². The average Bonchev–Trinajstić information content (AvgIpc) is 3.00. The van der Waals surface area contributed by atoms with Gasteiger partial charge in [-0.25, -0.2) is 9.18 Å². The highest BCUT2D eigenvalue weighted by molar-refractivity contribution is 8.01. The monoisotopic (exact) mass is 417 g/mol. The van der Waals surface area contributed by atoms with Gasteiger partial charge in [0.2, 0.25) is 5.91 Å². The summed E-state index contributed by atoms with van der Waals surface area (Å²) in [6.45, 7) is 2.54. The maximum Gasteiger partial charge on any atom is 0.321 e. The molecule has 2 aromatic rings. The smallest absolute Gasteiger partial charge is 0.321 e. The van der Waals surface area contributed by atoms with E-state index in [1.54, 1.807) is 37.3 Å². The van der Waals surface area contributed by atoms with E-state index in [9.17, 15) is 14.0 Å². The van der Waals surface area contributed by atoms with E-state index in [-0.39, 0.29) is 28.4 Å². The van der Waals surface area contributed by atoms with E-state index in [4.69, 9.17) is 4.74 Å².